The predicted molar refractivity (Wildman–Crippen MR) is 46.3 cm³/mol. The highest BCUT2D eigenvalue weighted by atomic mass is 32.2. The van der Waals surface area contributed by atoms with Crippen LogP contribution < -0.4 is 0 Å². The quantitative estimate of drug-likeness (QED) is 0.564. The summed E-state index contributed by atoms with van der Waals surface area (Å²) in [6.07, 6.45) is 0. The molecule has 0 atom stereocenters. The third kappa shape index (κ3) is 1.99. The van der Waals surface area contributed by atoms with Gasteiger partial charge in [0.2, 0.25) is 0 Å². The molecule has 0 aliphatic carbocycles. The van der Waals surface area contributed by atoms with Gasteiger partial charge in [-0.2, -0.15) is 0 Å². The summed E-state index contributed by atoms with van der Waals surface area (Å²) in [6, 6.07) is 6.50. The Labute approximate surface area is 74.6 Å². The van der Waals surface area contributed by atoms with Crippen molar-refractivity contribution in [2.45, 2.75) is 4.90 Å². The number of hydrogen-bond acceptors (Lipinski definition) is 4. The second kappa shape index (κ2) is 4.13. The smallest absolute Gasteiger partial charge is 0.337 e. The van der Waals surface area contributed by atoms with Gasteiger partial charge < -0.3 is 9.29 Å². The Hall–Kier alpha value is -1.00. The number of methoxy groups -OCH3 is 1. The lowest BCUT2D eigenvalue weighted by molar-refractivity contribution is 0.0600. The summed E-state index contributed by atoms with van der Waals surface area (Å²) in [5.74, 6) is -0.371. The van der Waals surface area contributed by atoms with Crippen molar-refractivity contribution in [1.29, 1.82) is 0 Å². The van der Waals surface area contributed by atoms with Crippen LogP contribution in [0.3, 0.4) is 0 Å². The van der Waals surface area contributed by atoms with Crippen LogP contribution >= 0.6 is 12.0 Å². The van der Waals surface area contributed by atoms with Crippen LogP contribution in [-0.2, 0) is 4.74 Å². The summed E-state index contributed by atoms with van der Waals surface area (Å²) < 4.78 is 13.1. The Morgan fingerprint density at radius 3 is 2.42 bits per heavy atom. The lowest BCUT2D eigenvalue weighted by atomic mass is 10.2. The zero-order valence-electron chi connectivity index (χ0n) is 6.48. The van der Waals surface area contributed by atoms with Gasteiger partial charge in [0.05, 0.1) is 12.7 Å². The summed E-state index contributed by atoms with van der Waals surface area (Å²) in [5.41, 5.74) is 0.482. The van der Waals surface area contributed by atoms with Crippen LogP contribution in [-0.4, -0.2) is 17.6 Å². The second-order valence-corrected chi connectivity index (χ2v) is 2.76. The summed E-state index contributed by atoms with van der Waals surface area (Å²) in [6.45, 7) is 0. The molecular weight excluding hydrogens is 176 g/mol. The first kappa shape index (κ1) is 9.09. The maximum absolute atomic E-state index is 10.9. The molecule has 0 amide bonds. The van der Waals surface area contributed by atoms with Gasteiger partial charge in [-0.15, -0.1) is 0 Å². The highest BCUT2D eigenvalue weighted by molar-refractivity contribution is 7.93. The molecular formula is C8H8O3S. The minimum Gasteiger partial charge on any atom is -0.465 e. The fourth-order valence-corrected chi connectivity index (χ4v) is 1.03. The Kier molecular flexibility index (Phi) is 3.13. The predicted octanol–water partition coefficient (Wildman–Crippen LogP) is 2.04. The van der Waals surface area contributed by atoms with Gasteiger partial charge in [-0.1, -0.05) is 0 Å². The van der Waals surface area contributed by atoms with Gasteiger partial charge >= 0.3 is 5.97 Å². The second-order valence-electron chi connectivity index (χ2n) is 2.11. The van der Waals surface area contributed by atoms with Crippen molar-refractivity contribution >= 4 is 18.0 Å². The molecule has 1 rings (SSSR count). The first-order valence-electron chi connectivity index (χ1n) is 3.27. The van der Waals surface area contributed by atoms with Crippen LogP contribution in [0.5, 0.6) is 0 Å². The molecule has 1 N–H and O–H groups in total. The van der Waals surface area contributed by atoms with E-state index in [9.17, 15) is 4.79 Å². The number of esters is 1. The summed E-state index contributed by atoms with van der Waals surface area (Å²) in [5, 5.41) is 0. The number of hydrogen-bond donors (Lipinski definition) is 1. The van der Waals surface area contributed by atoms with Gasteiger partial charge in [-0.3, -0.25) is 0 Å². The standard InChI is InChI=1S/C8H8O3S/c1-11-8(9)6-2-4-7(12-10)5-3-6/h2-5,10H,1H3. The molecule has 64 valence electrons. The van der Waals surface area contributed by atoms with E-state index in [1.807, 2.05) is 0 Å². The topological polar surface area (TPSA) is 46.5 Å². The van der Waals surface area contributed by atoms with E-state index in [0.29, 0.717) is 22.5 Å². The minimum atomic E-state index is -0.371. The lowest BCUT2D eigenvalue weighted by Gasteiger charge is -1.98. The molecule has 1 aromatic rings. The summed E-state index contributed by atoms with van der Waals surface area (Å²) in [4.78, 5) is 11.6. The van der Waals surface area contributed by atoms with Crippen LogP contribution in [0, 0.1) is 0 Å². The van der Waals surface area contributed by atoms with E-state index in [1.165, 1.54) is 7.11 Å². The van der Waals surface area contributed by atoms with E-state index in [-0.39, 0.29) is 5.97 Å². The number of carbonyl (C=O) groups is 1. The van der Waals surface area contributed by atoms with Gasteiger partial charge in [0.15, 0.2) is 0 Å². The van der Waals surface area contributed by atoms with Crippen molar-refractivity contribution in [2.75, 3.05) is 7.11 Å². The monoisotopic (exact) mass is 184 g/mol. The minimum absolute atomic E-state index is 0.371. The van der Waals surface area contributed by atoms with Crippen LogP contribution in [0.2, 0.25) is 0 Å². The van der Waals surface area contributed by atoms with Crippen molar-refractivity contribution in [2.24, 2.45) is 0 Å². The van der Waals surface area contributed by atoms with Crippen molar-refractivity contribution in [3.05, 3.63) is 29.8 Å². The molecule has 1 aromatic carbocycles. The zero-order valence-corrected chi connectivity index (χ0v) is 7.30. The molecule has 0 saturated carbocycles. The molecule has 0 fully saturated rings. The molecule has 0 aromatic heterocycles. The number of rotatable bonds is 2. The van der Waals surface area contributed by atoms with E-state index in [2.05, 4.69) is 4.74 Å². The molecule has 12 heavy (non-hydrogen) atoms. The van der Waals surface area contributed by atoms with Crippen molar-refractivity contribution < 1.29 is 14.1 Å². The van der Waals surface area contributed by atoms with Crippen LogP contribution in [0.4, 0.5) is 0 Å². The molecule has 4 heteroatoms. The zero-order chi connectivity index (χ0) is 8.97. The number of carbonyl (C=O) groups excluding carboxylic acids is 1. The number of benzene rings is 1. The van der Waals surface area contributed by atoms with E-state index in [4.69, 9.17) is 4.55 Å². The highest BCUT2D eigenvalue weighted by Gasteiger charge is 2.03. The molecule has 3 nitrogen and oxygen atoms in total. The van der Waals surface area contributed by atoms with Crippen molar-refractivity contribution in [3.8, 4) is 0 Å². The molecule has 0 bridgehead atoms. The van der Waals surface area contributed by atoms with Crippen molar-refractivity contribution in [3.63, 3.8) is 0 Å². The lowest BCUT2D eigenvalue weighted by Crippen LogP contribution is -1.99. The molecule has 0 heterocycles. The molecule has 0 unspecified atom stereocenters. The fourth-order valence-electron chi connectivity index (χ4n) is 0.770. The van der Waals surface area contributed by atoms with Crippen LogP contribution in [0.25, 0.3) is 0 Å². The highest BCUT2D eigenvalue weighted by Crippen LogP contribution is 2.14. The Morgan fingerprint density at radius 2 is 2.00 bits per heavy atom. The number of ether oxygens (including phenoxy) is 1. The average Bonchev–Trinajstić information content (AvgIpc) is 2.17. The first-order valence-corrected chi connectivity index (χ1v) is 4.05. The Morgan fingerprint density at radius 1 is 1.42 bits per heavy atom. The maximum Gasteiger partial charge on any atom is 0.337 e. The van der Waals surface area contributed by atoms with E-state index < -0.39 is 0 Å². The van der Waals surface area contributed by atoms with E-state index in [1.54, 1.807) is 24.3 Å². The Balaban J connectivity index is 2.84. The average molecular weight is 184 g/mol. The van der Waals surface area contributed by atoms with E-state index in [0.717, 1.165) is 0 Å². The van der Waals surface area contributed by atoms with Gasteiger partial charge in [0, 0.05) is 16.9 Å². The SMILES string of the molecule is COC(=O)c1ccc(SO)cc1. The summed E-state index contributed by atoms with van der Waals surface area (Å²) >= 11 is 0.645. The normalized spacial score (nSPS) is 9.50. The van der Waals surface area contributed by atoms with Gasteiger partial charge in [0.1, 0.15) is 0 Å². The largest absolute Gasteiger partial charge is 0.465 e. The molecule has 0 radical (unpaired) electrons. The van der Waals surface area contributed by atoms with E-state index >= 15 is 0 Å². The third-order valence-electron chi connectivity index (χ3n) is 1.38. The Bertz CT molecular complexity index is 268. The van der Waals surface area contributed by atoms with Crippen LogP contribution in [0.1, 0.15) is 10.4 Å². The molecule has 0 saturated heterocycles. The molecule has 0 aliphatic heterocycles. The van der Waals surface area contributed by atoms with Gasteiger partial charge in [0.25, 0.3) is 0 Å². The summed E-state index contributed by atoms with van der Waals surface area (Å²) in [7, 11) is 1.33. The fraction of sp³-hybridized carbons (Fsp3) is 0.125. The molecule has 0 aliphatic rings. The van der Waals surface area contributed by atoms with Gasteiger partial charge in [-0.05, 0) is 24.3 Å². The molecule has 0 spiro atoms. The van der Waals surface area contributed by atoms with Crippen molar-refractivity contribution in [1.82, 2.24) is 0 Å². The maximum atomic E-state index is 10.9. The van der Waals surface area contributed by atoms with Gasteiger partial charge in [-0.25, -0.2) is 4.79 Å². The van der Waals surface area contributed by atoms with Crippen LogP contribution in [0.15, 0.2) is 29.2 Å². The third-order valence-corrected chi connectivity index (χ3v) is 1.86. The first-order chi connectivity index (χ1) is 5.77.